The molecule has 0 aliphatic carbocycles. The Bertz CT molecular complexity index is 419. The van der Waals surface area contributed by atoms with E-state index in [0.717, 1.165) is 13.1 Å². The first-order chi connectivity index (χ1) is 7.81. The van der Waals surface area contributed by atoms with E-state index in [9.17, 15) is 0 Å². The lowest BCUT2D eigenvalue weighted by atomic mass is 10.2. The van der Waals surface area contributed by atoms with Crippen LogP contribution < -0.4 is 5.32 Å². The van der Waals surface area contributed by atoms with Crippen LogP contribution in [0.5, 0.6) is 0 Å². The van der Waals surface area contributed by atoms with Gasteiger partial charge in [-0.25, -0.2) is 0 Å². The molecule has 86 valence electrons. The zero-order chi connectivity index (χ0) is 11.4. The Morgan fingerprint density at radius 1 is 1.50 bits per heavy atom. The normalized spacial score (nSPS) is 12.9. The molecule has 3 nitrogen and oxygen atoms in total. The van der Waals surface area contributed by atoms with Crippen molar-refractivity contribution in [2.45, 2.75) is 33.0 Å². The van der Waals surface area contributed by atoms with E-state index in [1.54, 1.807) is 11.3 Å². The van der Waals surface area contributed by atoms with E-state index in [1.807, 2.05) is 10.9 Å². The van der Waals surface area contributed by atoms with Crippen LogP contribution in [0.4, 0.5) is 0 Å². The molecule has 0 fully saturated rings. The van der Waals surface area contributed by atoms with Gasteiger partial charge in [0.15, 0.2) is 0 Å². The molecule has 0 bridgehead atoms. The zero-order valence-corrected chi connectivity index (χ0v) is 10.5. The Morgan fingerprint density at radius 2 is 2.38 bits per heavy atom. The van der Waals surface area contributed by atoms with Crippen molar-refractivity contribution in [2.24, 2.45) is 0 Å². The van der Waals surface area contributed by atoms with Crippen LogP contribution in [0, 0.1) is 0 Å². The molecule has 1 N–H and O–H groups in total. The van der Waals surface area contributed by atoms with Crippen LogP contribution in [0.1, 0.15) is 30.5 Å². The minimum atomic E-state index is 0.338. The molecule has 2 rings (SSSR count). The number of hydrogen-bond acceptors (Lipinski definition) is 3. The van der Waals surface area contributed by atoms with Crippen molar-refractivity contribution in [1.29, 1.82) is 0 Å². The second-order valence-electron chi connectivity index (χ2n) is 3.75. The molecular weight excluding hydrogens is 218 g/mol. The molecule has 0 amide bonds. The molecular formula is C12H17N3S. The molecule has 1 atom stereocenters. The first-order valence-electron chi connectivity index (χ1n) is 5.58. The highest BCUT2D eigenvalue weighted by Crippen LogP contribution is 2.14. The summed E-state index contributed by atoms with van der Waals surface area (Å²) in [7, 11) is 0. The number of thiophene rings is 1. The van der Waals surface area contributed by atoms with Crippen LogP contribution >= 0.6 is 11.3 Å². The lowest BCUT2D eigenvalue weighted by molar-refractivity contribution is 0.511. The van der Waals surface area contributed by atoms with E-state index < -0.39 is 0 Å². The molecule has 0 saturated carbocycles. The van der Waals surface area contributed by atoms with Gasteiger partial charge in [-0.2, -0.15) is 5.10 Å². The molecule has 0 aliphatic rings. The summed E-state index contributed by atoms with van der Waals surface area (Å²) in [5.41, 5.74) is 1.25. The van der Waals surface area contributed by atoms with Gasteiger partial charge >= 0.3 is 0 Å². The van der Waals surface area contributed by atoms with E-state index in [-0.39, 0.29) is 0 Å². The molecule has 16 heavy (non-hydrogen) atoms. The lowest BCUT2D eigenvalue weighted by Gasteiger charge is -2.14. The Kier molecular flexibility index (Phi) is 3.74. The average molecular weight is 235 g/mol. The maximum absolute atomic E-state index is 4.28. The van der Waals surface area contributed by atoms with Crippen molar-refractivity contribution in [1.82, 2.24) is 15.1 Å². The monoisotopic (exact) mass is 235 g/mol. The van der Waals surface area contributed by atoms with Gasteiger partial charge in [-0.15, -0.1) is 11.3 Å². The van der Waals surface area contributed by atoms with E-state index >= 15 is 0 Å². The van der Waals surface area contributed by atoms with Crippen molar-refractivity contribution in [3.8, 4) is 0 Å². The third-order valence-electron chi connectivity index (χ3n) is 2.66. The Morgan fingerprint density at radius 3 is 3.06 bits per heavy atom. The summed E-state index contributed by atoms with van der Waals surface area (Å²) in [6.07, 6.45) is 1.86. The Balaban J connectivity index is 1.95. The molecule has 0 saturated heterocycles. The number of rotatable bonds is 5. The Labute approximate surface area is 100 Å². The third-order valence-corrected chi connectivity index (χ3v) is 3.53. The summed E-state index contributed by atoms with van der Waals surface area (Å²) in [6.45, 7) is 6.14. The van der Waals surface area contributed by atoms with Gasteiger partial charge in [0.25, 0.3) is 0 Å². The highest BCUT2D eigenvalue weighted by atomic mass is 32.1. The van der Waals surface area contributed by atoms with Gasteiger partial charge in [-0.1, -0.05) is 6.07 Å². The maximum atomic E-state index is 4.28. The van der Waals surface area contributed by atoms with Crippen molar-refractivity contribution in [3.63, 3.8) is 0 Å². The molecule has 0 aliphatic heterocycles. The van der Waals surface area contributed by atoms with Gasteiger partial charge in [0, 0.05) is 30.2 Å². The summed E-state index contributed by atoms with van der Waals surface area (Å²) < 4.78 is 2.03. The van der Waals surface area contributed by atoms with Gasteiger partial charge in [-0.3, -0.25) is 4.68 Å². The number of nitrogens with one attached hydrogen (secondary N) is 1. The molecule has 2 aromatic rings. The van der Waals surface area contributed by atoms with Gasteiger partial charge in [0.1, 0.15) is 0 Å². The van der Waals surface area contributed by atoms with Crippen molar-refractivity contribution >= 4 is 11.3 Å². The molecule has 0 aromatic carbocycles. The molecule has 0 radical (unpaired) electrons. The second-order valence-corrected chi connectivity index (χ2v) is 4.79. The molecule has 0 spiro atoms. The van der Waals surface area contributed by atoms with E-state index in [2.05, 4.69) is 47.8 Å². The standard InChI is InChI=1S/C12H17N3S/c1-3-15-12(6-7-14-15)10(2)13-9-11-5-4-8-16-11/h4-8,10,13H,3,9H2,1-2H3. The average Bonchev–Trinajstić information content (AvgIpc) is 2.96. The largest absolute Gasteiger partial charge is 0.304 e. The van der Waals surface area contributed by atoms with Crippen LogP contribution in [0.3, 0.4) is 0 Å². The first kappa shape index (κ1) is 11.4. The summed E-state index contributed by atoms with van der Waals surface area (Å²) in [4.78, 5) is 1.37. The van der Waals surface area contributed by atoms with E-state index in [4.69, 9.17) is 0 Å². The van der Waals surface area contributed by atoms with Gasteiger partial charge in [0.05, 0.1) is 5.69 Å². The number of nitrogens with zero attached hydrogens (tertiary/aromatic N) is 2. The molecule has 2 heterocycles. The second kappa shape index (κ2) is 5.27. The number of aryl methyl sites for hydroxylation is 1. The fraction of sp³-hybridized carbons (Fsp3) is 0.417. The van der Waals surface area contributed by atoms with Crippen LogP contribution in [0.25, 0.3) is 0 Å². The topological polar surface area (TPSA) is 29.9 Å². The Hall–Kier alpha value is -1.13. The van der Waals surface area contributed by atoms with Crippen LogP contribution in [-0.4, -0.2) is 9.78 Å². The zero-order valence-electron chi connectivity index (χ0n) is 9.68. The molecule has 1 unspecified atom stereocenters. The van der Waals surface area contributed by atoms with Crippen LogP contribution in [-0.2, 0) is 13.1 Å². The van der Waals surface area contributed by atoms with Crippen molar-refractivity contribution < 1.29 is 0 Å². The highest BCUT2D eigenvalue weighted by molar-refractivity contribution is 7.09. The summed E-state index contributed by atoms with van der Waals surface area (Å²) >= 11 is 1.79. The van der Waals surface area contributed by atoms with Crippen LogP contribution in [0.15, 0.2) is 29.8 Å². The van der Waals surface area contributed by atoms with E-state index in [0.29, 0.717) is 6.04 Å². The first-order valence-corrected chi connectivity index (χ1v) is 6.46. The molecule has 2 aromatic heterocycles. The van der Waals surface area contributed by atoms with Gasteiger partial charge < -0.3 is 5.32 Å². The fourth-order valence-corrected chi connectivity index (χ4v) is 2.40. The highest BCUT2D eigenvalue weighted by Gasteiger charge is 2.09. The number of hydrogen-bond donors (Lipinski definition) is 1. The van der Waals surface area contributed by atoms with Crippen molar-refractivity contribution in [2.75, 3.05) is 0 Å². The van der Waals surface area contributed by atoms with Gasteiger partial charge in [0.2, 0.25) is 0 Å². The van der Waals surface area contributed by atoms with Crippen molar-refractivity contribution in [3.05, 3.63) is 40.3 Å². The lowest BCUT2D eigenvalue weighted by Crippen LogP contribution is -2.20. The SMILES string of the molecule is CCn1nccc1C(C)NCc1cccs1. The minimum absolute atomic E-state index is 0.338. The third kappa shape index (κ3) is 2.51. The maximum Gasteiger partial charge on any atom is 0.0550 e. The predicted octanol–water partition coefficient (Wildman–Crippen LogP) is 2.82. The minimum Gasteiger partial charge on any atom is -0.304 e. The number of aromatic nitrogens is 2. The van der Waals surface area contributed by atoms with Gasteiger partial charge in [-0.05, 0) is 31.4 Å². The quantitative estimate of drug-likeness (QED) is 0.863. The summed E-state index contributed by atoms with van der Waals surface area (Å²) in [5, 5.41) is 9.90. The predicted molar refractivity (Wildman–Crippen MR) is 67.5 cm³/mol. The van der Waals surface area contributed by atoms with Crippen LogP contribution in [0.2, 0.25) is 0 Å². The summed E-state index contributed by atoms with van der Waals surface area (Å²) in [5.74, 6) is 0. The van der Waals surface area contributed by atoms with E-state index in [1.165, 1.54) is 10.6 Å². The summed E-state index contributed by atoms with van der Waals surface area (Å²) in [6, 6.07) is 6.66. The smallest absolute Gasteiger partial charge is 0.0550 e. The molecule has 4 heteroatoms. The fourth-order valence-electron chi connectivity index (χ4n) is 1.75.